The molecule has 1 aromatic carbocycles. The number of likely N-dealkylation sites (tertiary alicyclic amines) is 1. The molecule has 3 unspecified atom stereocenters. The van der Waals surface area contributed by atoms with Crippen LogP contribution in [0.3, 0.4) is 0 Å². The third-order valence-electron chi connectivity index (χ3n) is 7.07. The van der Waals surface area contributed by atoms with Crippen molar-refractivity contribution in [2.24, 2.45) is 5.92 Å². The summed E-state index contributed by atoms with van der Waals surface area (Å²) < 4.78 is 5.85. The molecule has 3 aliphatic rings. The zero-order valence-electron chi connectivity index (χ0n) is 17.9. The molecule has 3 atom stereocenters. The largest absolute Gasteiger partial charge is 0.376 e. The minimum absolute atomic E-state index is 0.0231. The summed E-state index contributed by atoms with van der Waals surface area (Å²) in [5.74, 6) is 0.491. The summed E-state index contributed by atoms with van der Waals surface area (Å²) in [6, 6.07) is 6.88. The van der Waals surface area contributed by atoms with Gasteiger partial charge >= 0.3 is 0 Å². The summed E-state index contributed by atoms with van der Waals surface area (Å²) in [6.07, 6.45) is 4.61. The van der Waals surface area contributed by atoms with Crippen molar-refractivity contribution in [1.29, 1.82) is 0 Å². The molecule has 3 fully saturated rings. The molecule has 1 N–H and O–H groups in total. The normalized spacial score (nSPS) is 27.1. The van der Waals surface area contributed by atoms with Crippen molar-refractivity contribution in [3.63, 3.8) is 0 Å². The van der Waals surface area contributed by atoms with E-state index in [2.05, 4.69) is 19.2 Å². The first kappa shape index (κ1) is 21.6. The summed E-state index contributed by atoms with van der Waals surface area (Å²) in [6.45, 7) is 6.93. The number of nitrogens with zero attached hydrogens (tertiary/aromatic N) is 2. The summed E-state index contributed by atoms with van der Waals surface area (Å²) in [5, 5.41) is 4.33. The molecule has 6 nitrogen and oxygen atoms in total. The Balaban J connectivity index is 1.49. The highest BCUT2D eigenvalue weighted by atomic mass is 35.5. The fourth-order valence-electron chi connectivity index (χ4n) is 4.95. The van der Waals surface area contributed by atoms with Gasteiger partial charge in [0.2, 0.25) is 5.91 Å². The second-order valence-corrected chi connectivity index (χ2v) is 9.36. The lowest BCUT2D eigenvalue weighted by molar-refractivity contribution is -0.136. The number of carbonyl (C=O) groups is 2. The average molecular weight is 434 g/mol. The molecular weight excluding hydrogens is 402 g/mol. The van der Waals surface area contributed by atoms with Crippen LogP contribution in [-0.2, 0) is 9.53 Å². The van der Waals surface area contributed by atoms with Gasteiger partial charge in [-0.2, -0.15) is 0 Å². The zero-order chi connectivity index (χ0) is 21.3. The monoisotopic (exact) mass is 433 g/mol. The molecule has 0 aromatic heterocycles. The average Bonchev–Trinajstić information content (AvgIpc) is 3.37. The van der Waals surface area contributed by atoms with Crippen LogP contribution < -0.4 is 5.32 Å². The molecule has 30 heavy (non-hydrogen) atoms. The Bertz CT molecular complexity index is 770. The number of carbonyl (C=O) groups excluding carboxylic acids is 2. The molecule has 3 aliphatic heterocycles. The molecule has 3 saturated heterocycles. The van der Waals surface area contributed by atoms with Gasteiger partial charge in [0, 0.05) is 49.7 Å². The van der Waals surface area contributed by atoms with Gasteiger partial charge in [0.05, 0.1) is 17.8 Å². The molecule has 1 spiro atoms. The van der Waals surface area contributed by atoms with Gasteiger partial charge < -0.3 is 14.5 Å². The van der Waals surface area contributed by atoms with Crippen molar-refractivity contribution in [2.75, 3.05) is 26.2 Å². The molecule has 0 saturated carbocycles. The van der Waals surface area contributed by atoms with Crippen molar-refractivity contribution in [2.45, 2.75) is 63.8 Å². The molecule has 0 bridgehead atoms. The Morgan fingerprint density at radius 3 is 2.60 bits per heavy atom. The van der Waals surface area contributed by atoms with E-state index < -0.39 is 0 Å². The third-order valence-corrected chi connectivity index (χ3v) is 7.32. The van der Waals surface area contributed by atoms with E-state index in [0.717, 1.165) is 38.7 Å². The molecule has 0 radical (unpaired) electrons. The van der Waals surface area contributed by atoms with Crippen LogP contribution in [0.25, 0.3) is 0 Å². The highest BCUT2D eigenvalue weighted by molar-refractivity contribution is 6.30. The number of piperidine rings is 1. The lowest BCUT2D eigenvalue weighted by Gasteiger charge is -2.45. The molecule has 7 heteroatoms. The standard InChI is InChI=1S/C23H32ClN3O3/c1-3-16(2)20-22(29)27(15-19-5-4-14-30-19)23(25-20)10-12-26(13-11-23)21(28)17-6-8-18(24)9-7-17/h6-9,16,19-20,25H,3-5,10-15H2,1-2H3. The van der Waals surface area contributed by atoms with Crippen LogP contribution in [-0.4, -0.2) is 65.7 Å². The second kappa shape index (κ2) is 8.85. The molecule has 1 aromatic rings. The number of rotatable bonds is 5. The number of nitrogens with one attached hydrogen (secondary N) is 1. The van der Waals surface area contributed by atoms with Crippen molar-refractivity contribution >= 4 is 23.4 Å². The Kier molecular flexibility index (Phi) is 6.37. The molecule has 164 valence electrons. The van der Waals surface area contributed by atoms with Gasteiger partial charge in [-0.25, -0.2) is 0 Å². The maximum Gasteiger partial charge on any atom is 0.253 e. The van der Waals surface area contributed by atoms with E-state index >= 15 is 0 Å². The zero-order valence-corrected chi connectivity index (χ0v) is 18.7. The smallest absolute Gasteiger partial charge is 0.253 e. The van der Waals surface area contributed by atoms with E-state index in [1.165, 1.54) is 0 Å². The van der Waals surface area contributed by atoms with Gasteiger partial charge in [-0.3, -0.25) is 14.9 Å². The highest BCUT2D eigenvalue weighted by Crippen LogP contribution is 2.36. The third kappa shape index (κ3) is 4.10. The van der Waals surface area contributed by atoms with Crippen molar-refractivity contribution in [3.8, 4) is 0 Å². The number of hydrogen-bond acceptors (Lipinski definition) is 4. The van der Waals surface area contributed by atoms with E-state index in [0.29, 0.717) is 30.2 Å². The van der Waals surface area contributed by atoms with Crippen LogP contribution in [0.15, 0.2) is 24.3 Å². The highest BCUT2D eigenvalue weighted by Gasteiger charge is 2.53. The maximum absolute atomic E-state index is 13.4. The first-order valence-corrected chi connectivity index (χ1v) is 11.6. The Morgan fingerprint density at radius 2 is 2.00 bits per heavy atom. The summed E-state index contributed by atoms with van der Waals surface area (Å²) in [4.78, 5) is 30.2. The van der Waals surface area contributed by atoms with Gasteiger partial charge in [0.25, 0.3) is 5.91 Å². The Hall–Kier alpha value is -1.63. The fraction of sp³-hybridized carbons (Fsp3) is 0.652. The van der Waals surface area contributed by atoms with Gasteiger partial charge in [-0.15, -0.1) is 0 Å². The van der Waals surface area contributed by atoms with E-state index in [-0.39, 0.29) is 35.5 Å². The van der Waals surface area contributed by atoms with E-state index in [4.69, 9.17) is 16.3 Å². The predicted molar refractivity (Wildman–Crippen MR) is 116 cm³/mol. The van der Waals surface area contributed by atoms with Crippen molar-refractivity contribution in [1.82, 2.24) is 15.1 Å². The second-order valence-electron chi connectivity index (χ2n) is 8.92. The van der Waals surface area contributed by atoms with Gasteiger partial charge in [0.15, 0.2) is 0 Å². The number of hydrogen-bond donors (Lipinski definition) is 1. The van der Waals surface area contributed by atoms with E-state index in [1.54, 1.807) is 24.3 Å². The lowest BCUT2D eigenvalue weighted by Crippen LogP contribution is -2.60. The number of ether oxygens (including phenoxy) is 1. The number of halogens is 1. The Morgan fingerprint density at radius 1 is 1.30 bits per heavy atom. The fourth-order valence-corrected chi connectivity index (χ4v) is 5.08. The van der Waals surface area contributed by atoms with Crippen LogP contribution in [0.1, 0.15) is 56.3 Å². The first-order valence-electron chi connectivity index (χ1n) is 11.2. The first-order chi connectivity index (χ1) is 14.4. The van der Waals surface area contributed by atoms with Crippen LogP contribution in [0.5, 0.6) is 0 Å². The summed E-state index contributed by atoms with van der Waals surface area (Å²) >= 11 is 5.95. The topological polar surface area (TPSA) is 61.9 Å². The quantitative estimate of drug-likeness (QED) is 0.773. The molecule has 0 aliphatic carbocycles. The van der Waals surface area contributed by atoms with Gasteiger partial charge in [-0.1, -0.05) is 31.9 Å². The Labute approximate surface area is 183 Å². The van der Waals surface area contributed by atoms with Gasteiger partial charge in [0.1, 0.15) is 0 Å². The molecule has 4 rings (SSSR count). The maximum atomic E-state index is 13.4. The van der Waals surface area contributed by atoms with Crippen molar-refractivity contribution in [3.05, 3.63) is 34.9 Å². The van der Waals surface area contributed by atoms with Crippen LogP contribution in [0.2, 0.25) is 5.02 Å². The van der Waals surface area contributed by atoms with Gasteiger partial charge in [-0.05, 0) is 43.0 Å². The van der Waals surface area contributed by atoms with E-state index in [1.807, 2.05) is 9.80 Å². The predicted octanol–water partition coefficient (Wildman–Crippen LogP) is 3.30. The minimum Gasteiger partial charge on any atom is -0.376 e. The van der Waals surface area contributed by atoms with E-state index in [9.17, 15) is 9.59 Å². The van der Waals surface area contributed by atoms with Crippen molar-refractivity contribution < 1.29 is 14.3 Å². The molecule has 2 amide bonds. The molecular formula is C23H32ClN3O3. The SMILES string of the molecule is CCC(C)C1NC2(CCN(C(=O)c3ccc(Cl)cc3)CC2)N(CC2CCCO2)C1=O. The summed E-state index contributed by atoms with van der Waals surface area (Å²) in [5.41, 5.74) is 0.271. The molecule has 3 heterocycles. The van der Waals surface area contributed by atoms with Crippen LogP contribution >= 0.6 is 11.6 Å². The number of benzene rings is 1. The lowest BCUT2D eigenvalue weighted by atomic mass is 9.94. The number of amides is 2. The minimum atomic E-state index is -0.381. The van der Waals surface area contributed by atoms with Crippen LogP contribution in [0.4, 0.5) is 0 Å². The van der Waals surface area contributed by atoms with Crippen LogP contribution in [0, 0.1) is 5.92 Å². The summed E-state index contributed by atoms with van der Waals surface area (Å²) in [7, 11) is 0.